The van der Waals surface area contributed by atoms with E-state index in [4.69, 9.17) is 21.8 Å². The summed E-state index contributed by atoms with van der Waals surface area (Å²) in [4.78, 5) is 3.78. The van der Waals surface area contributed by atoms with Crippen molar-refractivity contribution in [3.05, 3.63) is 64.9 Å². The molecule has 0 saturated carbocycles. The van der Waals surface area contributed by atoms with Gasteiger partial charge >= 0.3 is 0 Å². The molecule has 2 N–H and O–H groups in total. The van der Waals surface area contributed by atoms with Crippen LogP contribution < -0.4 is 5.73 Å². The van der Waals surface area contributed by atoms with Crippen LogP contribution in [0.5, 0.6) is 0 Å². The highest BCUT2D eigenvalue weighted by molar-refractivity contribution is 6.35. The number of aromatic nitrogens is 1. The normalized spacial score (nSPS) is 12.8. The van der Waals surface area contributed by atoms with Crippen LogP contribution in [-0.2, 0) is 0 Å². The van der Waals surface area contributed by atoms with E-state index in [0.29, 0.717) is 21.9 Å². The molecule has 0 fully saturated rings. The molecule has 3 nitrogen and oxygen atoms in total. The Bertz CT molecular complexity index is 741. The molecule has 3 aromatic rings. The van der Waals surface area contributed by atoms with E-state index in [0.717, 1.165) is 11.6 Å². The maximum Gasteiger partial charge on any atom is 0.141 e. The van der Waals surface area contributed by atoms with E-state index in [1.54, 1.807) is 24.3 Å². The molecular weight excluding hydrogens is 267 g/mol. The molecule has 1 aromatic carbocycles. The van der Waals surface area contributed by atoms with Gasteiger partial charge < -0.3 is 10.2 Å². The molecular formula is C14H10ClFN2O. The van der Waals surface area contributed by atoms with Gasteiger partial charge in [-0.25, -0.2) is 4.39 Å². The number of nitrogens with zero attached hydrogens (tertiary/aromatic N) is 1. The smallest absolute Gasteiger partial charge is 0.141 e. The van der Waals surface area contributed by atoms with Gasteiger partial charge in [-0.2, -0.15) is 0 Å². The van der Waals surface area contributed by atoms with Crippen molar-refractivity contribution in [2.45, 2.75) is 6.04 Å². The standard InChI is InChI=1S/C14H10ClFN2O/c15-11-2-1-3-12-10(11)5-13(19-12)14(17)8-4-9(16)7-18-6-8/h1-7,14H,17H2. The van der Waals surface area contributed by atoms with E-state index in [2.05, 4.69) is 4.98 Å². The Morgan fingerprint density at radius 1 is 1.26 bits per heavy atom. The number of furan rings is 1. The summed E-state index contributed by atoms with van der Waals surface area (Å²) >= 11 is 6.07. The molecule has 1 unspecified atom stereocenters. The van der Waals surface area contributed by atoms with Crippen molar-refractivity contribution in [3.8, 4) is 0 Å². The van der Waals surface area contributed by atoms with Gasteiger partial charge in [-0.15, -0.1) is 0 Å². The lowest BCUT2D eigenvalue weighted by atomic mass is 10.1. The fourth-order valence-corrected chi connectivity index (χ4v) is 2.18. The molecule has 0 amide bonds. The Balaban J connectivity index is 2.06. The summed E-state index contributed by atoms with van der Waals surface area (Å²) in [5.74, 6) is 0.0950. The van der Waals surface area contributed by atoms with Gasteiger partial charge in [0.25, 0.3) is 0 Å². The molecule has 0 aliphatic carbocycles. The highest BCUT2D eigenvalue weighted by Crippen LogP contribution is 2.30. The predicted molar refractivity (Wildman–Crippen MR) is 71.4 cm³/mol. The van der Waals surface area contributed by atoms with Gasteiger partial charge in [0.15, 0.2) is 0 Å². The summed E-state index contributed by atoms with van der Waals surface area (Å²) in [6, 6.07) is 7.92. The van der Waals surface area contributed by atoms with Crippen LogP contribution in [0.4, 0.5) is 4.39 Å². The molecule has 19 heavy (non-hydrogen) atoms. The van der Waals surface area contributed by atoms with Crippen molar-refractivity contribution in [3.63, 3.8) is 0 Å². The molecule has 96 valence electrons. The summed E-state index contributed by atoms with van der Waals surface area (Å²) < 4.78 is 18.8. The van der Waals surface area contributed by atoms with Gasteiger partial charge in [-0.3, -0.25) is 4.98 Å². The van der Waals surface area contributed by atoms with Crippen molar-refractivity contribution in [2.75, 3.05) is 0 Å². The van der Waals surface area contributed by atoms with Crippen LogP contribution in [0.1, 0.15) is 17.4 Å². The number of pyridine rings is 1. The Morgan fingerprint density at radius 2 is 2.11 bits per heavy atom. The second-order valence-electron chi connectivity index (χ2n) is 4.21. The van der Waals surface area contributed by atoms with Gasteiger partial charge in [-0.1, -0.05) is 17.7 Å². The third kappa shape index (κ3) is 2.20. The van der Waals surface area contributed by atoms with E-state index in [1.165, 1.54) is 12.3 Å². The Morgan fingerprint density at radius 3 is 2.84 bits per heavy atom. The quantitative estimate of drug-likeness (QED) is 0.777. The van der Waals surface area contributed by atoms with E-state index in [1.807, 2.05) is 0 Å². The second-order valence-corrected chi connectivity index (χ2v) is 4.62. The first kappa shape index (κ1) is 12.1. The highest BCUT2D eigenvalue weighted by Gasteiger charge is 2.16. The zero-order valence-electron chi connectivity index (χ0n) is 9.81. The second kappa shape index (κ2) is 4.64. The summed E-state index contributed by atoms with van der Waals surface area (Å²) in [5, 5.41) is 1.39. The average Bonchev–Trinajstić information content (AvgIpc) is 2.83. The number of benzene rings is 1. The van der Waals surface area contributed by atoms with Gasteiger partial charge in [0, 0.05) is 11.6 Å². The summed E-state index contributed by atoms with van der Waals surface area (Å²) in [7, 11) is 0. The summed E-state index contributed by atoms with van der Waals surface area (Å²) in [6.45, 7) is 0. The van der Waals surface area contributed by atoms with Gasteiger partial charge in [-0.05, 0) is 29.8 Å². The maximum absolute atomic E-state index is 13.1. The zero-order chi connectivity index (χ0) is 13.4. The molecule has 5 heteroatoms. The van der Waals surface area contributed by atoms with Crippen molar-refractivity contribution < 1.29 is 8.81 Å². The van der Waals surface area contributed by atoms with E-state index in [-0.39, 0.29) is 0 Å². The third-order valence-corrected chi connectivity index (χ3v) is 3.25. The molecule has 0 saturated heterocycles. The molecule has 0 bridgehead atoms. The molecule has 2 heterocycles. The Kier molecular flexibility index (Phi) is 2.97. The van der Waals surface area contributed by atoms with Crippen LogP contribution in [0.25, 0.3) is 11.0 Å². The molecule has 0 radical (unpaired) electrons. The first-order chi connectivity index (χ1) is 9.15. The molecule has 0 aliphatic rings. The van der Waals surface area contributed by atoms with Crippen LogP contribution in [0, 0.1) is 5.82 Å². The van der Waals surface area contributed by atoms with E-state index < -0.39 is 11.9 Å². The van der Waals surface area contributed by atoms with Crippen molar-refractivity contribution in [1.82, 2.24) is 4.98 Å². The Hall–Kier alpha value is -1.91. The largest absolute Gasteiger partial charge is 0.459 e. The topological polar surface area (TPSA) is 52.0 Å². The van der Waals surface area contributed by atoms with Gasteiger partial charge in [0.1, 0.15) is 17.2 Å². The molecule has 3 rings (SSSR count). The van der Waals surface area contributed by atoms with Crippen LogP contribution in [0.2, 0.25) is 5.02 Å². The summed E-state index contributed by atoms with van der Waals surface area (Å²) in [5.41, 5.74) is 7.26. The molecule has 0 aliphatic heterocycles. The molecule has 2 aromatic heterocycles. The molecule has 1 atom stereocenters. The van der Waals surface area contributed by atoms with Crippen molar-refractivity contribution in [2.24, 2.45) is 5.73 Å². The van der Waals surface area contributed by atoms with E-state index in [9.17, 15) is 4.39 Å². The van der Waals surface area contributed by atoms with Crippen molar-refractivity contribution in [1.29, 1.82) is 0 Å². The van der Waals surface area contributed by atoms with Crippen LogP contribution in [-0.4, -0.2) is 4.98 Å². The van der Waals surface area contributed by atoms with Crippen LogP contribution >= 0.6 is 11.6 Å². The first-order valence-corrected chi connectivity index (χ1v) is 6.07. The number of nitrogens with two attached hydrogens (primary N) is 1. The number of fused-ring (bicyclic) bond motifs is 1. The monoisotopic (exact) mass is 276 g/mol. The lowest BCUT2D eigenvalue weighted by Gasteiger charge is -2.07. The average molecular weight is 277 g/mol. The predicted octanol–water partition coefficient (Wildman–Crippen LogP) is 3.67. The fraction of sp³-hybridized carbons (Fsp3) is 0.0714. The SMILES string of the molecule is NC(c1cncc(F)c1)c1cc2c(Cl)cccc2o1. The number of hydrogen-bond donors (Lipinski definition) is 1. The first-order valence-electron chi connectivity index (χ1n) is 5.69. The van der Waals surface area contributed by atoms with E-state index >= 15 is 0 Å². The zero-order valence-corrected chi connectivity index (χ0v) is 10.6. The lowest BCUT2D eigenvalue weighted by Crippen LogP contribution is -2.11. The number of rotatable bonds is 2. The van der Waals surface area contributed by atoms with Gasteiger partial charge in [0.05, 0.1) is 17.3 Å². The number of hydrogen-bond acceptors (Lipinski definition) is 3. The fourth-order valence-electron chi connectivity index (χ4n) is 1.96. The third-order valence-electron chi connectivity index (χ3n) is 2.92. The maximum atomic E-state index is 13.1. The summed E-state index contributed by atoms with van der Waals surface area (Å²) in [6.07, 6.45) is 2.65. The highest BCUT2D eigenvalue weighted by atomic mass is 35.5. The van der Waals surface area contributed by atoms with Crippen LogP contribution in [0.3, 0.4) is 0 Å². The minimum Gasteiger partial charge on any atom is -0.459 e. The minimum atomic E-state index is -0.577. The Labute approximate surface area is 113 Å². The van der Waals surface area contributed by atoms with Crippen molar-refractivity contribution >= 4 is 22.6 Å². The lowest BCUT2D eigenvalue weighted by molar-refractivity contribution is 0.522. The van der Waals surface area contributed by atoms with Crippen LogP contribution in [0.15, 0.2) is 47.1 Å². The number of halogens is 2. The van der Waals surface area contributed by atoms with Gasteiger partial charge in [0.2, 0.25) is 0 Å². The molecule has 0 spiro atoms. The minimum absolute atomic E-state index is 0.429.